The van der Waals surface area contributed by atoms with Crippen molar-refractivity contribution in [1.82, 2.24) is 4.90 Å². The topological polar surface area (TPSA) is 72.3 Å². The molecule has 0 saturated carbocycles. The van der Waals surface area contributed by atoms with Crippen molar-refractivity contribution < 1.29 is 4.79 Å². The van der Waals surface area contributed by atoms with Gasteiger partial charge in [-0.25, -0.2) is 0 Å². The zero-order valence-electron chi connectivity index (χ0n) is 7.05. The molecule has 0 aliphatic carbocycles. The van der Waals surface area contributed by atoms with Crippen LogP contribution in [0.1, 0.15) is 13.3 Å². The molecular weight excluding hydrogens is 142 g/mol. The minimum Gasteiger partial charge on any atom is -0.340 e. The van der Waals surface area contributed by atoms with E-state index in [-0.39, 0.29) is 5.91 Å². The summed E-state index contributed by atoms with van der Waals surface area (Å²) in [6.07, 6.45) is 0.528. The lowest BCUT2D eigenvalue weighted by atomic mass is 10.3. The van der Waals surface area contributed by atoms with Crippen molar-refractivity contribution in [1.29, 1.82) is 0 Å². The Hall–Kier alpha value is -0.610. The van der Waals surface area contributed by atoms with Gasteiger partial charge in [-0.2, -0.15) is 0 Å². The number of carbonyl (C=O) groups excluding carboxylic acids is 1. The van der Waals surface area contributed by atoms with E-state index in [2.05, 4.69) is 0 Å². The normalized spacial score (nSPS) is 9.73. The molecule has 0 radical (unpaired) electrons. The standard InChI is InChI=1S/C7H17N3O/c1-2-7(11)10(5-3-8)6-4-9/h2-6,8-9H2,1H3. The molecule has 0 unspecified atom stereocenters. The van der Waals surface area contributed by atoms with Crippen molar-refractivity contribution in [2.45, 2.75) is 13.3 Å². The van der Waals surface area contributed by atoms with Gasteiger partial charge in [0.15, 0.2) is 0 Å². The minimum absolute atomic E-state index is 0.126. The number of carbonyl (C=O) groups is 1. The highest BCUT2D eigenvalue weighted by molar-refractivity contribution is 5.75. The zero-order chi connectivity index (χ0) is 8.69. The predicted octanol–water partition coefficient (Wildman–Crippen LogP) is -0.858. The molecule has 0 aromatic carbocycles. The van der Waals surface area contributed by atoms with Crippen molar-refractivity contribution >= 4 is 5.91 Å². The van der Waals surface area contributed by atoms with Gasteiger partial charge in [0.1, 0.15) is 0 Å². The quantitative estimate of drug-likeness (QED) is 0.548. The van der Waals surface area contributed by atoms with Crippen LogP contribution in [-0.4, -0.2) is 37.0 Å². The van der Waals surface area contributed by atoms with Gasteiger partial charge < -0.3 is 16.4 Å². The molecule has 0 bridgehead atoms. The summed E-state index contributed by atoms with van der Waals surface area (Å²) < 4.78 is 0. The molecule has 66 valence electrons. The fraction of sp³-hybridized carbons (Fsp3) is 0.857. The summed E-state index contributed by atoms with van der Waals surface area (Å²) in [4.78, 5) is 12.8. The van der Waals surface area contributed by atoms with Crippen molar-refractivity contribution in [3.8, 4) is 0 Å². The minimum atomic E-state index is 0.126. The highest BCUT2D eigenvalue weighted by Crippen LogP contribution is 1.91. The third-order valence-corrected chi connectivity index (χ3v) is 1.45. The van der Waals surface area contributed by atoms with Crippen LogP contribution < -0.4 is 11.5 Å². The third-order valence-electron chi connectivity index (χ3n) is 1.45. The smallest absolute Gasteiger partial charge is 0.222 e. The van der Waals surface area contributed by atoms with E-state index in [0.29, 0.717) is 32.6 Å². The SMILES string of the molecule is CCC(=O)N(CCN)CCN. The van der Waals surface area contributed by atoms with Gasteiger partial charge in [0.2, 0.25) is 5.91 Å². The molecule has 4 nitrogen and oxygen atoms in total. The second-order valence-corrected chi connectivity index (χ2v) is 2.31. The lowest BCUT2D eigenvalue weighted by Gasteiger charge is -2.20. The Balaban J connectivity index is 3.76. The van der Waals surface area contributed by atoms with E-state index in [9.17, 15) is 4.79 Å². The van der Waals surface area contributed by atoms with Gasteiger partial charge in [-0.1, -0.05) is 6.92 Å². The first-order chi connectivity index (χ1) is 5.26. The fourth-order valence-electron chi connectivity index (χ4n) is 0.896. The Labute approximate surface area is 67.5 Å². The maximum atomic E-state index is 11.1. The average molecular weight is 159 g/mol. The molecule has 0 aromatic heterocycles. The lowest BCUT2D eigenvalue weighted by Crippen LogP contribution is -2.38. The molecule has 0 aliphatic heterocycles. The fourth-order valence-corrected chi connectivity index (χ4v) is 0.896. The van der Waals surface area contributed by atoms with E-state index in [0.717, 1.165) is 0 Å². The molecule has 0 atom stereocenters. The summed E-state index contributed by atoms with van der Waals surface area (Å²) in [5.41, 5.74) is 10.6. The molecular formula is C7H17N3O. The van der Waals surface area contributed by atoms with Gasteiger partial charge in [-0.15, -0.1) is 0 Å². The van der Waals surface area contributed by atoms with Gasteiger partial charge in [0.05, 0.1) is 0 Å². The summed E-state index contributed by atoms with van der Waals surface area (Å²) in [6.45, 7) is 4.08. The van der Waals surface area contributed by atoms with Crippen molar-refractivity contribution in [2.75, 3.05) is 26.2 Å². The molecule has 0 aliphatic rings. The Morgan fingerprint density at radius 1 is 1.27 bits per heavy atom. The van der Waals surface area contributed by atoms with Crippen molar-refractivity contribution in [3.63, 3.8) is 0 Å². The highest BCUT2D eigenvalue weighted by atomic mass is 16.2. The first-order valence-electron chi connectivity index (χ1n) is 3.94. The Kier molecular flexibility index (Phi) is 5.78. The van der Waals surface area contributed by atoms with Crippen molar-refractivity contribution in [3.05, 3.63) is 0 Å². The molecule has 4 N–H and O–H groups in total. The molecule has 0 heterocycles. The third kappa shape index (κ3) is 3.95. The van der Waals surface area contributed by atoms with Crippen LogP contribution in [0, 0.1) is 0 Å². The summed E-state index contributed by atoms with van der Waals surface area (Å²) in [5.74, 6) is 0.126. The summed E-state index contributed by atoms with van der Waals surface area (Å²) in [6, 6.07) is 0. The van der Waals surface area contributed by atoms with Crippen LogP contribution >= 0.6 is 0 Å². The van der Waals surface area contributed by atoms with E-state index in [1.54, 1.807) is 4.90 Å². The van der Waals surface area contributed by atoms with Crippen molar-refractivity contribution in [2.24, 2.45) is 11.5 Å². The lowest BCUT2D eigenvalue weighted by molar-refractivity contribution is -0.130. The number of rotatable bonds is 5. The number of amides is 1. The Bertz CT molecular complexity index is 110. The van der Waals surface area contributed by atoms with Crippen LogP contribution in [0.15, 0.2) is 0 Å². The van der Waals surface area contributed by atoms with E-state index < -0.39 is 0 Å². The molecule has 0 spiro atoms. The number of nitrogens with two attached hydrogens (primary N) is 2. The van der Waals surface area contributed by atoms with E-state index in [4.69, 9.17) is 11.5 Å². The van der Waals surface area contributed by atoms with Crippen LogP contribution in [0.4, 0.5) is 0 Å². The maximum Gasteiger partial charge on any atom is 0.222 e. The van der Waals surface area contributed by atoms with Gasteiger partial charge >= 0.3 is 0 Å². The van der Waals surface area contributed by atoms with Gasteiger partial charge in [0, 0.05) is 32.6 Å². The average Bonchev–Trinajstić information content (AvgIpc) is 2.03. The van der Waals surface area contributed by atoms with Gasteiger partial charge in [0.25, 0.3) is 0 Å². The molecule has 1 amide bonds. The van der Waals surface area contributed by atoms with Gasteiger partial charge in [-0.3, -0.25) is 4.79 Å². The predicted molar refractivity (Wildman–Crippen MR) is 45.0 cm³/mol. The zero-order valence-corrected chi connectivity index (χ0v) is 7.05. The maximum absolute atomic E-state index is 11.1. The summed E-state index contributed by atoms with van der Waals surface area (Å²) in [7, 11) is 0. The highest BCUT2D eigenvalue weighted by Gasteiger charge is 2.07. The largest absolute Gasteiger partial charge is 0.340 e. The second-order valence-electron chi connectivity index (χ2n) is 2.31. The van der Waals surface area contributed by atoms with E-state index in [1.165, 1.54) is 0 Å². The van der Waals surface area contributed by atoms with Crippen LogP contribution in [-0.2, 0) is 4.79 Å². The van der Waals surface area contributed by atoms with Crippen LogP contribution in [0.2, 0.25) is 0 Å². The molecule has 4 heteroatoms. The molecule has 0 fully saturated rings. The number of nitrogens with zero attached hydrogens (tertiary/aromatic N) is 1. The molecule has 0 saturated heterocycles. The molecule has 0 rings (SSSR count). The summed E-state index contributed by atoms with van der Waals surface area (Å²) in [5, 5.41) is 0. The summed E-state index contributed by atoms with van der Waals surface area (Å²) >= 11 is 0. The van der Waals surface area contributed by atoms with Crippen LogP contribution in [0.25, 0.3) is 0 Å². The van der Waals surface area contributed by atoms with Crippen LogP contribution in [0.3, 0.4) is 0 Å². The van der Waals surface area contributed by atoms with Crippen LogP contribution in [0.5, 0.6) is 0 Å². The first kappa shape index (κ1) is 10.4. The number of hydrogen-bond donors (Lipinski definition) is 2. The Morgan fingerprint density at radius 3 is 2.00 bits per heavy atom. The van der Waals surface area contributed by atoms with E-state index in [1.807, 2.05) is 6.92 Å². The molecule has 11 heavy (non-hydrogen) atoms. The van der Waals surface area contributed by atoms with E-state index >= 15 is 0 Å². The Morgan fingerprint density at radius 2 is 1.73 bits per heavy atom. The van der Waals surface area contributed by atoms with Gasteiger partial charge in [-0.05, 0) is 0 Å². The second kappa shape index (κ2) is 6.12. The molecule has 0 aromatic rings. The monoisotopic (exact) mass is 159 g/mol. The first-order valence-corrected chi connectivity index (χ1v) is 3.94. The number of hydrogen-bond acceptors (Lipinski definition) is 3.